The van der Waals surface area contributed by atoms with Crippen LogP contribution in [0.3, 0.4) is 0 Å². The second-order valence-corrected chi connectivity index (χ2v) is 2.61. The van der Waals surface area contributed by atoms with Crippen LogP contribution >= 0.6 is 0 Å². The van der Waals surface area contributed by atoms with Gasteiger partial charge in [-0.15, -0.1) is 0 Å². The molecular weight excluding hydrogens is 128 g/mol. The molecule has 0 amide bonds. The van der Waals surface area contributed by atoms with Crippen LogP contribution in [-0.4, -0.2) is 44.9 Å². The Morgan fingerprint density at radius 3 is 3.10 bits per heavy atom. The molecule has 60 valence electrons. The zero-order valence-corrected chi connectivity index (χ0v) is 6.60. The third-order valence-electron chi connectivity index (χ3n) is 1.71. The number of rotatable bonds is 3. The summed E-state index contributed by atoms with van der Waals surface area (Å²) in [4.78, 5) is 2.32. The first-order valence-electron chi connectivity index (χ1n) is 3.88. The molecule has 1 heterocycles. The van der Waals surface area contributed by atoms with E-state index in [1.54, 1.807) is 0 Å². The van der Waals surface area contributed by atoms with Crippen molar-refractivity contribution < 1.29 is 4.74 Å². The topological polar surface area (TPSA) is 24.5 Å². The smallest absolute Gasteiger partial charge is 0.0990 e. The molecule has 10 heavy (non-hydrogen) atoms. The highest BCUT2D eigenvalue weighted by atomic mass is 16.5. The van der Waals surface area contributed by atoms with Gasteiger partial charge in [-0.2, -0.15) is 0 Å². The van der Waals surface area contributed by atoms with Crippen molar-refractivity contribution in [3.05, 3.63) is 0 Å². The Kier molecular flexibility index (Phi) is 3.72. The first kappa shape index (κ1) is 7.98. The third kappa shape index (κ3) is 2.64. The number of nitrogens with zero attached hydrogens (tertiary/aromatic N) is 1. The van der Waals surface area contributed by atoms with Crippen LogP contribution in [0.5, 0.6) is 0 Å². The van der Waals surface area contributed by atoms with Crippen LogP contribution in [-0.2, 0) is 4.74 Å². The maximum Gasteiger partial charge on any atom is 0.0990 e. The van der Waals surface area contributed by atoms with Gasteiger partial charge in [0.1, 0.15) is 0 Å². The summed E-state index contributed by atoms with van der Waals surface area (Å²) >= 11 is 0. The molecule has 0 aromatic carbocycles. The van der Waals surface area contributed by atoms with Crippen molar-refractivity contribution in [3.63, 3.8) is 0 Å². The molecule has 3 heteroatoms. The maximum atomic E-state index is 5.28. The van der Waals surface area contributed by atoms with E-state index in [4.69, 9.17) is 4.74 Å². The van der Waals surface area contributed by atoms with Crippen molar-refractivity contribution in [2.75, 3.05) is 40.0 Å². The number of hydrogen-bond acceptors (Lipinski definition) is 3. The number of likely N-dealkylation sites (N-methyl/N-ethyl adjacent to an activating group) is 1. The van der Waals surface area contributed by atoms with Gasteiger partial charge in [0.25, 0.3) is 0 Å². The molecule has 0 saturated carbocycles. The Balaban J connectivity index is 2.02. The summed E-state index contributed by atoms with van der Waals surface area (Å²) < 4.78 is 5.28. The summed E-state index contributed by atoms with van der Waals surface area (Å²) in [7, 11) is 1.98. The number of nitrogens with one attached hydrogen (secondary N) is 1. The van der Waals surface area contributed by atoms with E-state index in [9.17, 15) is 0 Å². The molecule has 0 unspecified atom stereocenters. The van der Waals surface area contributed by atoms with E-state index < -0.39 is 0 Å². The van der Waals surface area contributed by atoms with Crippen LogP contribution in [0, 0.1) is 0 Å². The van der Waals surface area contributed by atoms with Crippen LogP contribution in [0.25, 0.3) is 0 Å². The van der Waals surface area contributed by atoms with E-state index >= 15 is 0 Å². The SMILES string of the molecule is CNCCN1CCCOC1. The largest absolute Gasteiger partial charge is 0.366 e. The lowest BCUT2D eigenvalue weighted by atomic mass is 10.4. The van der Waals surface area contributed by atoms with E-state index in [0.29, 0.717) is 0 Å². The second kappa shape index (κ2) is 4.66. The number of hydrogen-bond donors (Lipinski definition) is 1. The Bertz CT molecular complexity index is 81.7. The Morgan fingerprint density at radius 1 is 1.60 bits per heavy atom. The first-order chi connectivity index (χ1) is 4.93. The van der Waals surface area contributed by atoms with Crippen molar-refractivity contribution in [1.29, 1.82) is 0 Å². The van der Waals surface area contributed by atoms with Gasteiger partial charge in [-0.05, 0) is 13.5 Å². The fourth-order valence-corrected chi connectivity index (χ4v) is 1.09. The van der Waals surface area contributed by atoms with Gasteiger partial charge in [-0.3, -0.25) is 4.90 Å². The highest BCUT2D eigenvalue weighted by Crippen LogP contribution is 1.98. The molecule has 0 atom stereocenters. The molecule has 1 fully saturated rings. The fourth-order valence-electron chi connectivity index (χ4n) is 1.09. The minimum absolute atomic E-state index is 0.821. The van der Waals surface area contributed by atoms with Crippen LogP contribution in [0.1, 0.15) is 6.42 Å². The molecule has 1 aliphatic rings. The first-order valence-corrected chi connectivity index (χ1v) is 3.88. The lowest BCUT2D eigenvalue weighted by Gasteiger charge is -2.26. The molecule has 0 radical (unpaired) electrons. The van der Waals surface area contributed by atoms with E-state index in [1.165, 1.54) is 13.0 Å². The van der Waals surface area contributed by atoms with Gasteiger partial charge in [-0.1, -0.05) is 0 Å². The van der Waals surface area contributed by atoms with Gasteiger partial charge in [-0.25, -0.2) is 0 Å². The van der Waals surface area contributed by atoms with Gasteiger partial charge in [0, 0.05) is 26.2 Å². The van der Waals surface area contributed by atoms with E-state index in [0.717, 1.165) is 26.4 Å². The monoisotopic (exact) mass is 144 g/mol. The molecule has 1 aliphatic heterocycles. The van der Waals surface area contributed by atoms with Gasteiger partial charge in [0.05, 0.1) is 6.73 Å². The highest BCUT2D eigenvalue weighted by Gasteiger charge is 2.07. The summed E-state index contributed by atoms with van der Waals surface area (Å²) in [5, 5.41) is 3.12. The average molecular weight is 144 g/mol. The van der Waals surface area contributed by atoms with E-state index in [-0.39, 0.29) is 0 Å². The lowest BCUT2D eigenvalue weighted by Crippen LogP contribution is -2.37. The molecule has 1 N–H and O–H groups in total. The van der Waals surface area contributed by atoms with Gasteiger partial charge >= 0.3 is 0 Å². The molecule has 3 nitrogen and oxygen atoms in total. The third-order valence-corrected chi connectivity index (χ3v) is 1.71. The summed E-state index contributed by atoms with van der Waals surface area (Å²) in [5.74, 6) is 0. The summed E-state index contributed by atoms with van der Waals surface area (Å²) in [6.07, 6.45) is 1.18. The minimum atomic E-state index is 0.821. The van der Waals surface area contributed by atoms with Crippen molar-refractivity contribution in [1.82, 2.24) is 10.2 Å². The second-order valence-electron chi connectivity index (χ2n) is 2.61. The molecule has 1 saturated heterocycles. The fraction of sp³-hybridized carbons (Fsp3) is 1.00. The van der Waals surface area contributed by atoms with Crippen LogP contribution in [0.4, 0.5) is 0 Å². The standard InChI is InChI=1S/C7H16N2O/c1-8-3-5-9-4-2-6-10-7-9/h8H,2-7H2,1H3. The normalized spacial score (nSPS) is 21.3. The minimum Gasteiger partial charge on any atom is -0.366 e. The van der Waals surface area contributed by atoms with Crippen molar-refractivity contribution >= 4 is 0 Å². The van der Waals surface area contributed by atoms with E-state index in [1.807, 2.05) is 7.05 Å². The zero-order chi connectivity index (χ0) is 7.23. The summed E-state index contributed by atoms with van der Waals surface area (Å²) in [5.41, 5.74) is 0. The molecule has 0 aromatic rings. The van der Waals surface area contributed by atoms with Crippen LogP contribution in [0.15, 0.2) is 0 Å². The lowest BCUT2D eigenvalue weighted by molar-refractivity contribution is -0.0122. The molecule has 1 rings (SSSR count). The average Bonchev–Trinajstić information content (AvgIpc) is 2.03. The summed E-state index contributed by atoms with van der Waals surface area (Å²) in [6, 6.07) is 0. The quantitative estimate of drug-likeness (QED) is 0.598. The molecule has 0 aliphatic carbocycles. The predicted octanol–water partition coefficient (Wildman–Crippen LogP) is -0.114. The van der Waals surface area contributed by atoms with Gasteiger partial charge in [0.2, 0.25) is 0 Å². The number of ether oxygens (including phenoxy) is 1. The van der Waals surface area contributed by atoms with Crippen molar-refractivity contribution in [2.24, 2.45) is 0 Å². The zero-order valence-electron chi connectivity index (χ0n) is 6.60. The highest BCUT2D eigenvalue weighted by molar-refractivity contribution is 4.58. The molecule has 0 aromatic heterocycles. The van der Waals surface area contributed by atoms with Crippen LogP contribution < -0.4 is 5.32 Å². The van der Waals surface area contributed by atoms with Crippen LogP contribution in [0.2, 0.25) is 0 Å². The predicted molar refractivity (Wildman–Crippen MR) is 40.9 cm³/mol. The van der Waals surface area contributed by atoms with Crippen molar-refractivity contribution in [2.45, 2.75) is 6.42 Å². The molecule has 0 bridgehead atoms. The van der Waals surface area contributed by atoms with Crippen molar-refractivity contribution in [3.8, 4) is 0 Å². The van der Waals surface area contributed by atoms with E-state index in [2.05, 4.69) is 10.2 Å². The van der Waals surface area contributed by atoms with Gasteiger partial charge in [0.15, 0.2) is 0 Å². The molecular formula is C7H16N2O. The Hall–Kier alpha value is -0.120. The summed E-state index contributed by atoms with van der Waals surface area (Å²) in [6.45, 7) is 5.12. The maximum absolute atomic E-state index is 5.28. The Morgan fingerprint density at radius 2 is 2.50 bits per heavy atom. The van der Waals surface area contributed by atoms with Gasteiger partial charge < -0.3 is 10.1 Å². The molecule has 0 spiro atoms. The Labute approximate surface area is 62.3 Å².